The lowest BCUT2D eigenvalue weighted by molar-refractivity contribution is 0.547. The number of benzene rings is 1. The molecule has 0 bridgehead atoms. The Morgan fingerprint density at radius 2 is 1.75 bits per heavy atom. The van der Waals surface area contributed by atoms with Crippen LogP contribution in [0.25, 0.3) is 11.1 Å². The van der Waals surface area contributed by atoms with Gasteiger partial charge in [-0.25, -0.2) is 18.2 Å². The number of H-pyrrole nitrogens is 1. The summed E-state index contributed by atoms with van der Waals surface area (Å²) in [5.41, 5.74) is -1.56. The molecule has 82 valence electrons. The first kappa shape index (κ1) is 10.4. The van der Waals surface area contributed by atoms with E-state index < -0.39 is 28.6 Å². The molecular formula is C10H5F3N2O. The second-order valence-corrected chi connectivity index (χ2v) is 3.04. The Morgan fingerprint density at radius 3 is 2.31 bits per heavy atom. The normalized spacial score (nSPS) is 10.4. The van der Waals surface area contributed by atoms with E-state index in [9.17, 15) is 18.0 Å². The maximum Gasteiger partial charge on any atom is 0.258 e. The molecule has 0 atom stereocenters. The SMILES string of the molecule is O=c1[nH]cncc1-c1c(F)cc(F)cc1F. The van der Waals surface area contributed by atoms with Gasteiger partial charge < -0.3 is 4.98 Å². The molecule has 0 radical (unpaired) electrons. The summed E-state index contributed by atoms with van der Waals surface area (Å²) in [6, 6.07) is 1.01. The van der Waals surface area contributed by atoms with Crippen LogP contribution < -0.4 is 5.56 Å². The fourth-order valence-electron chi connectivity index (χ4n) is 1.32. The largest absolute Gasteiger partial charge is 0.313 e. The van der Waals surface area contributed by atoms with Gasteiger partial charge in [-0.2, -0.15) is 0 Å². The number of rotatable bonds is 1. The van der Waals surface area contributed by atoms with Crippen molar-refractivity contribution in [1.82, 2.24) is 9.97 Å². The summed E-state index contributed by atoms with van der Waals surface area (Å²) in [6.07, 6.45) is 2.10. The predicted octanol–water partition coefficient (Wildman–Crippen LogP) is 1.85. The van der Waals surface area contributed by atoms with Gasteiger partial charge in [-0.1, -0.05) is 0 Å². The van der Waals surface area contributed by atoms with E-state index in [0.29, 0.717) is 12.1 Å². The van der Waals surface area contributed by atoms with Gasteiger partial charge in [0.25, 0.3) is 5.56 Å². The van der Waals surface area contributed by atoms with Gasteiger partial charge >= 0.3 is 0 Å². The highest BCUT2D eigenvalue weighted by Gasteiger charge is 2.16. The molecule has 0 saturated heterocycles. The number of hydrogen-bond acceptors (Lipinski definition) is 2. The third-order valence-corrected chi connectivity index (χ3v) is 1.99. The van der Waals surface area contributed by atoms with Crippen LogP contribution in [0.15, 0.2) is 29.5 Å². The number of aromatic nitrogens is 2. The second-order valence-electron chi connectivity index (χ2n) is 3.04. The molecule has 1 heterocycles. The van der Waals surface area contributed by atoms with Crippen molar-refractivity contribution < 1.29 is 13.2 Å². The first-order valence-electron chi connectivity index (χ1n) is 4.27. The van der Waals surface area contributed by atoms with Gasteiger partial charge in [-0.15, -0.1) is 0 Å². The molecule has 16 heavy (non-hydrogen) atoms. The smallest absolute Gasteiger partial charge is 0.258 e. The molecular weight excluding hydrogens is 221 g/mol. The van der Waals surface area contributed by atoms with Gasteiger partial charge in [0.15, 0.2) is 0 Å². The van der Waals surface area contributed by atoms with Crippen LogP contribution in [0.1, 0.15) is 0 Å². The van der Waals surface area contributed by atoms with E-state index in [0.717, 1.165) is 12.5 Å². The van der Waals surface area contributed by atoms with Crippen LogP contribution >= 0.6 is 0 Å². The standard InChI is InChI=1S/C10H5F3N2O/c11-5-1-7(12)9(8(13)2-5)6-3-14-4-15-10(6)16/h1-4H,(H,14,15,16). The Morgan fingerprint density at radius 1 is 1.12 bits per heavy atom. The minimum atomic E-state index is -1.14. The molecule has 0 aliphatic heterocycles. The third-order valence-electron chi connectivity index (χ3n) is 1.99. The molecule has 1 aromatic carbocycles. The average molecular weight is 226 g/mol. The zero-order valence-electron chi connectivity index (χ0n) is 7.80. The predicted molar refractivity (Wildman–Crippen MR) is 50.2 cm³/mol. The third kappa shape index (κ3) is 1.69. The van der Waals surface area contributed by atoms with Gasteiger partial charge in [0.2, 0.25) is 0 Å². The fourth-order valence-corrected chi connectivity index (χ4v) is 1.32. The van der Waals surface area contributed by atoms with E-state index in [1.165, 1.54) is 0 Å². The molecule has 0 spiro atoms. The highest BCUT2D eigenvalue weighted by Crippen LogP contribution is 2.23. The van der Waals surface area contributed by atoms with Crippen molar-refractivity contribution in [2.24, 2.45) is 0 Å². The van der Waals surface area contributed by atoms with Gasteiger partial charge in [0, 0.05) is 18.3 Å². The maximum atomic E-state index is 13.3. The summed E-state index contributed by atoms with van der Waals surface area (Å²) >= 11 is 0. The van der Waals surface area contributed by atoms with Gasteiger partial charge in [0.05, 0.1) is 17.5 Å². The first-order valence-corrected chi connectivity index (χ1v) is 4.27. The molecule has 0 saturated carbocycles. The minimum absolute atomic E-state index is 0.280. The van der Waals surface area contributed by atoms with Crippen LogP contribution in [0.5, 0.6) is 0 Å². The maximum absolute atomic E-state index is 13.3. The summed E-state index contributed by atoms with van der Waals surface area (Å²) in [7, 11) is 0. The Balaban J connectivity index is 2.75. The number of hydrogen-bond donors (Lipinski definition) is 1. The molecule has 1 aromatic heterocycles. The molecule has 0 amide bonds. The van der Waals surface area contributed by atoms with E-state index in [-0.39, 0.29) is 5.56 Å². The molecule has 2 aromatic rings. The van der Waals surface area contributed by atoms with Crippen LogP contribution in [-0.4, -0.2) is 9.97 Å². The average Bonchev–Trinajstić information content (AvgIpc) is 2.19. The Bertz CT molecular complexity index is 572. The van der Waals surface area contributed by atoms with E-state index in [2.05, 4.69) is 9.97 Å². The minimum Gasteiger partial charge on any atom is -0.313 e. The molecule has 1 N–H and O–H groups in total. The Hall–Kier alpha value is -2.11. The molecule has 6 heteroatoms. The topological polar surface area (TPSA) is 45.8 Å². The molecule has 0 aliphatic rings. The van der Waals surface area contributed by atoms with Crippen molar-refractivity contribution in [3.05, 3.63) is 52.5 Å². The second kappa shape index (κ2) is 3.80. The lowest BCUT2D eigenvalue weighted by Crippen LogP contribution is -2.10. The quantitative estimate of drug-likeness (QED) is 0.806. The van der Waals surface area contributed by atoms with Crippen molar-refractivity contribution >= 4 is 0 Å². The molecule has 0 aliphatic carbocycles. The van der Waals surface area contributed by atoms with Crippen molar-refractivity contribution in [3.63, 3.8) is 0 Å². The van der Waals surface area contributed by atoms with Crippen LogP contribution in [-0.2, 0) is 0 Å². The van der Waals surface area contributed by atoms with Crippen molar-refractivity contribution in [2.45, 2.75) is 0 Å². The summed E-state index contributed by atoms with van der Waals surface area (Å²) in [5, 5.41) is 0. The van der Waals surface area contributed by atoms with E-state index in [4.69, 9.17) is 0 Å². The lowest BCUT2D eigenvalue weighted by atomic mass is 10.1. The summed E-state index contributed by atoms with van der Waals surface area (Å²) in [5.74, 6) is -3.33. The van der Waals surface area contributed by atoms with Gasteiger partial charge in [0.1, 0.15) is 17.5 Å². The number of aromatic amines is 1. The first-order chi connectivity index (χ1) is 7.59. The van der Waals surface area contributed by atoms with E-state index in [1.807, 2.05) is 0 Å². The summed E-state index contributed by atoms with van der Waals surface area (Å²) in [6.45, 7) is 0. The van der Waals surface area contributed by atoms with Gasteiger partial charge in [-0.3, -0.25) is 4.79 Å². The molecule has 2 rings (SSSR count). The zero-order chi connectivity index (χ0) is 11.7. The number of nitrogens with zero attached hydrogens (tertiary/aromatic N) is 1. The van der Waals surface area contributed by atoms with Crippen LogP contribution in [0, 0.1) is 17.5 Å². The summed E-state index contributed by atoms with van der Waals surface area (Å²) in [4.78, 5) is 17.0. The zero-order valence-corrected chi connectivity index (χ0v) is 7.80. The fraction of sp³-hybridized carbons (Fsp3) is 0. The lowest BCUT2D eigenvalue weighted by Gasteiger charge is -2.03. The number of nitrogens with one attached hydrogen (secondary N) is 1. The monoisotopic (exact) mass is 226 g/mol. The van der Waals surface area contributed by atoms with Gasteiger partial charge in [-0.05, 0) is 0 Å². The highest BCUT2D eigenvalue weighted by atomic mass is 19.1. The number of halogens is 3. The van der Waals surface area contributed by atoms with Crippen molar-refractivity contribution in [3.8, 4) is 11.1 Å². The van der Waals surface area contributed by atoms with Crippen molar-refractivity contribution in [2.75, 3.05) is 0 Å². The molecule has 3 nitrogen and oxygen atoms in total. The van der Waals surface area contributed by atoms with E-state index in [1.54, 1.807) is 0 Å². The Kier molecular flexibility index (Phi) is 2.47. The highest BCUT2D eigenvalue weighted by molar-refractivity contribution is 5.62. The summed E-state index contributed by atoms with van der Waals surface area (Å²) < 4.78 is 39.3. The van der Waals surface area contributed by atoms with Crippen LogP contribution in [0.2, 0.25) is 0 Å². The van der Waals surface area contributed by atoms with Crippen LogP contribution in [0.4, 0.5) is 13.2 Å². The molecule has 0 fully saturated rings. The molecule has 0 unspecified atom stereocenters. The Labute approximate surface area is 87.6 Å². The van der Waals surface area contributed by atoms with E-state index >= 15 is 0 Å². The van der Waals surface area contributed by atoms with Crippen molar-refractivity contribution in [1.29, 1.82) is 0 Å². The van der Waals surface area contributed by atoms with Crippen LogP contribution in [0.3, 0.4) is 0 Å².